The van der Waals surface area contributed by atoms with Gasteiger partial charge in [0.15, 0.2) is 0 Å². The third-order valence-corrected chi connectivity index (χ3v) is 2.85. The molecule has 0 radical (unpaired) electrons. The first-order valence-corrected chi connectivity index (χ1v) is 5.60. The number of ether oxygens (including phenoxy) is 1. The van der Waals surface area contributed by atoms with Gasteiger partial charge in [-0.1, -0.05) is 24.3 Å². The summed E-state index contributed by atoms with van der Waals surface area (Å²) in [7, 11) is 1.62. The van der Waals surface area contributed by atoms with Crippen molar-refractivity contribution in [1.82, 2.24) is 0 Å². The maximum absolute atomic E-state index is 10.9. The van der Waals surface area contributed by atoms with Gasteiger partial charge >= 0.3 is 5.97 Å². The predicted molar refractivity (Wildman–Crippen MR) is 70.1 cm³/mol. The lowest BCUT2D eigenvalue weighted by Crippen LogP contribution is -1.96. The molecule has 3 nitrogen and oxygen atoms in total. The second-order valence-electron chi connectivity index (χ2n) is 4.07. The van der Waals surface area contributed by atoms with Crippen molar-refractivity contribution in [1.29, 1.82) is 0 Å². The van der Waals surface area contributed by atoms with Gasteiger partial charge in [0.1, 0.15) is 5.75 Å². The first-order valence-electron chi connectivity index (χ1n) is 5.60. The summed E-state index contributed by atoms with van der Waals surface area (Å²) in [5, 5.41) is 8.98. The predicted octanol–water partition coefficient (Wildman–Crippen LogP) is 3.37. The Hall–Kier alpha value is -2.29. The van der Waals surface area contributed by atoms with Crippen LogP contribution in [0.2, 0.25) is 0 Å². The molecule has 0 aliphatic rings. The first kappa shape index (κ1) is 12.2. The van der Waals surface area contributed by atoms with Gasteiger partial charge in [-0.3, -0.25) is 0 Å². The quantitative estimate of drug-likeness (QED) is 0.897. The monoisotopic (exact) mass is 242 g/mol. The zero-order valence-corrected chi connectivity index (χ0v) is 10.3. The van der Waals surface area contributed by atoms with Crippen LogP contribution in [0, 0.1) is 6.92 Å². The third kappa shape index (κ3) is 2.35. The van der Waals surface area contributed by atoms with Crippen LogP contribution in [-0.4, -0.2) is 18.2 Å². The lowest BCUT2D eigenvalue weighted by molar-refractivity contribution is 0.0697. The van der Waals surface area contributed by atoms with E-state index in [2.05, 4.69) is 0 Å². The molecule has 0 spiro atoms. The zero-order valence-electron chi connectivity index (χ0n) is 10.3. The number of carboxylic acids is 1. The number of hydrogen-bond donors (Lipinski definition) is 1. The third-order valence-electron chi connectivity index (χ3n) is 2.85. The summed E-state index contributed by atoms with van der Waals surface area (Å²) in [6.45, 7) is 1.97. The van der Waals surface area contributed by atoms with E-state index in [0.717, 1.165) is 22.4 Å². The smallest absolute Gasteiger partial charge is 0.335 e. The Morgan fingerprint density at radius 1 is 1.11 bits per heavy atom. The molecule has 0 saturated heterocycles. The molecule has 0 unspecified atom stereocenters. The van der Waals surface area contributed by atoms with Crippen molar-refractivity contribution >= 4 is 5.97 Å². The molecule has 92 valence electrons. The highest BCUT2D eigenvalue weighted by molar-refractivity contribution is 5.89. The largest absolute Gasteiger partial charge is 0.496 e. The van der Waals surface area contributed by atoms with Gasteiger partial charge in [-0.05, 0) is 41.8 Å². The summed E-state index contributed by atoms with van der Waals surface area (Å²) in [5.41, 5.74) is 3.15. The summed E-state index contributed by atoms with van der Waals surface area (Å²) >= 11 is 0. The molecule has 3 heteroatoms. The molecule has 0 bridgehead atoms. The topological polar surface area (TPSA) is 46.5 Å². The average molecular weight is 242 g/mol. The van der Waals surface area contributed by atoms with Gasteiger partial charge in [0, 0.05) is 0 Å². The fourth-order valence-electron chi connectivity index (χ4n) is 1.83. The van der Waals surface area contributed by atoms with Gasteiger partial charge in [0.2, 0.25) is 0 Å². The van der Waals surface area contributed by atoms with E-state index in [4.69, 9.17) is 9.84 Å². The summed E-state index contributed by atoms with van der Waals surface area (Å²) < 4.78 is 5.27. The van der Waals surface area contributed by atoms with Gasteiger partial charge in [-0.25, -0.2) is 4.79 Å². The highest BCUT2D eigenvalue weighted by atomic mass is 16.5. The van der Waals surface area contributed by atoms with Crippen LogP contribution in [0.15, 0.2) is 42.5 Å². The van der Waals surface area contributed by atoms with E-state index in [1.165, 1.54) is 0 Å². The molecule has 0 amide bonds. The highest BCUT2D eigenvalue weighted by Crippen LogP contribution is 2.27. The van der Waals surface area contributed by atoms with Crippen LogP contribution in [0.1, 0.15) is 15.9 Å². The minimum Gasteiger partial charge on any atom is -0.496 e. The Bertz CT molecular complexity index is 588. The van der Waals surface area contributed by atoms with Crippen LogP contribution in [0.3, 0.4) is 0 Å². The standard InChI is InChI=1S/C15H14O3/c1-10-6-7-12(9-14(10)18-2)11-4-3-5-13(8-11)15(16)17/h3-9H,1-2H3,(H,16,17). The lowest BCUT2D eigenvalue weighted by Gasteiger charge is -2.08. The number of aryl methyl sites for hydroxylation is 1. The number of methoxy groups -OCH3 is 1. The zero-order chi connectivity index (χ0) is 13.1. The number of carboxylic acid groups (broad SMARTS) is 1. The Balaban J connectivity index is 2.48. The molecule has 2 rings (SSSR count). The van der Waals surface area contributed by atoms with Gasteiger partial charge in [0.05, 0.1) is 12.7 Å². The van der Waals surface area contributed by atoms with Gasteiger partial charge in [0.25, 0.3) is 0 Å². The fourth-order valence-corrected chi connectivity index (χ4v) is 1.83. The van der Waals surface area contributed by atoms with Crippen LogP contribution in [0.5, 0.6) is 5.75 Å². The number of benzene rings is 2. The Morgan fingerprint density at radius 2 is 1.83 bits per heavy atom. The number of carbonyl (C=O) groups is 1. The van der Waals surface area contributed by atoms with Crippen LogP contribution in [0.25, 0.3) is 11.1 Å². The number of hydrogen-bond acceptors (Lipinski definition) is 2. The molecule has 0 heterocycles. The van der Waals surface area contributed by atoms with Gasteiger partial charge < -0.3 is 9.84 Å². The van der Waals surface area contributed by atoms with E-state index in [-0.39, 0.29) is 5.56 Å². The van der Waals surface area contributed by atoms with Crippen LogP contribution in [0.4, 0.5) is 0 Å². The minimum atomic E-state index is -0.920. The molecule has 0 saturated carbocycles. The molecule has 2 aromatic carbocycles. The van der Waals surface area contributed by atoms with Crippen LogP contribution >= 0.6 is 0 Å². The highest BCUT2D eigenvalue weighted by Gasteiger charge is 2.06. The summed E-state index contributed by atoms with van der Waals surface area (Å²) in [5.74, 6) is -0.121. The van der Waals surface area contributed by atoms with E-state index < -0.39 is 5.97 Å². The normalized spacial score (nSPS) is 10.1. The van der Waals surface area contributed by atoms with Crippen molar-refractivity contribution in [2.45, 2.75) is 6.92 Å². The molecule has 1 N–H and O–H groups in total. The fraction of sp³-hybridized carbons (Fsp3) is 0.133. The summed E-state index contributed by atoms with van der Waals surface area (Å²) in [6, 6.07) is 12.7. The van der Waals surface area contributed by atoms with Crippen molar-refractivity contribution in [3.05, 3.63) is 53.6 Å². The molecule has 0 aliphatic carbocycles. The van der Waals surface area contributed by atoms with Crippen molar-refractivity contribution in [2.75, 3.05) is 7.11 Å². The summed E-state index contributed by atoms with van der Waals surface area (Å²) in [6.07, 6.45) is 0. The molecular weight excluding hydrogens is 228 g/mol. The second kappa shape index (κ2) is 4.92. The Kier molecular flexibility index (Phi) is 3.33. The molecule has 0 fully saturated rings. The van der Waals surface area contributed by atoms with E-state index in [0.29, 0.717) is 0 Å². The van der Waals surface area contributed by atoms with Crippen LogP contribution < -0.4 is 4.74 Å². The SMILES string of the molecule is COc1cc(-c2cccc(C(=O)O)c2)ccc1C. The molecule has 0 aliphatic heterocycles. The number of aromatic carboxylic acids is 1. The van der Waals surface area contributed by atoms with Crippen molar-refractivity contribution in [3.63, 3.8) is 0 Å². The molecule has 0 atom stereocenters. The average Bonchev–Trinajstić information content (AvgIpc) is 2.39. The van der Waals surface area contributed by atoms with E-state index in [9.17, 15) is 4.79 Å². The maximum atomic E-state index is 10.9. The maximum Gasteiger partial charge on any atom is 0.335 e. The lowest BCUT2D eigenvalue weighted by atomic mass is 10.0. The molecule has 2 aromatic rings. The van der Waals surface area contributed by atoms with Crippen molar-refractivity contribution < 1.29 is 14.6 Å². The van der Waals surface area contributed by atoms with E-state index in [1.807, 2.05) is 31.2 Å². The Morgan fingerprint density at radius 3 is 2.50 bits per heavy atom. The van der Waals surface area contributed by atoms with E-state index >= 15 is 0 Å². The number of rotatable bonds is 3. The van der Waals surface area contributed by atoms with Crippen molar-refractivity contribution in [2.24, 2.45) is 0 Å². The minimum absolute atomic E-state index is 0.284. The molecular formula is C15H14O3. The second-order valence-corrected chi connectivity index (χ2v) is 4.07. The summed E-state index contributed by atoms with van der Waals surface area (Å²) in [4.78, 5) is 10.9. The van der Waals surface area contributed by atoms with Gasteiger partial charge in [-0.15, -0.1) is 0 Å². The van der Waals surface area contributed by atoms with Gasteiger partial charge in [-0.2, -0.15) is 0 Å². The molecule has 18 heavy (non-hydrogen) atoms. The Labute approximate surface area is 106 Å². The molecule has 0 aromatic heterocycles. The van der Waals surface area contributed by atoms with E-state index in [1.54, 1.807) is 25.3 Å². The first-order chi connectivity index (χ1) is 8.61. The van der Waals surface area contributed by atoms with Crippen LogP contribution in [-0.2, 0) is 0 Å². The van der Waals surface area contributed by atoms with Crippen molar-refractivity contribution in [3.8, 4) is 16.9 Å².